The zero-order chi connectivity index (χ0) is 43.6. The molecule has 1 aromatic heterocycles. The first kappa shape index (κ1) is 45.9. The Kier molecular flexibility index (Phi) is 15.8. The molecule has 3 aliphatic rings. The van der Waals surface area contributed by atoms with Crippen LogP contribution in [0.25, 0.3) is 0 Å². The zero-order valence-electron chi connectivity index (χ0n) is 33.8. The Morgan fingerprint density at radius 2 is 1.41 bits per heavy atom. The fourth-order valence-corrected chi connectivity index (χ4v) is 8.13. The smallest absolute Gasteiger partial charge is 0.338 e. The van der Waals surface area contributed by atoms with Crippen molar-refractivity contribution < 1.29 is 53.1 Å². The first-order chi connectivity index (χ1) is 27.8. The summed E-state index contributed by atoms with van der Waals surface area (Å²) in [5.74, 6) is -9.60. The van der Waals surface area contributed by atoms with Gasteiger partial charge in [-0.25, -0.2) is 4.79 Å². The number of nitrogens with zero attached hydrogens (tertiary/aromatic N) is 2. The molecule has 3 fully saturated rings. The molecule has 0 spiro atoms. The van der Waals surface area contributed by atoms with E-state index in [9.17, 15) is 53.1 Å². The molecule has 7 amide bonds. The topological polar surface area (TPSA) is 307 Å². The van der Waals surface area contributed by atoms with Gasteiger partial charge in [0.2, 0.25) is 35.3 Å². The summed E-state index contributed by atoms with van der Waals surface area (Å²) >= 11 is 0. The van der Waals surface area contributed by atoms with Crippen molar-refractivity contribution in [2.45, 2.75) is 134 Å². The number of carboxylic acid groups (broad SMARTS) is 1. The highest BCUT2D eigenvalue weighted by atomic mass is 16.4. The van der Waals surface area contributed by atoms with E-state index in [1.165, 1.54) is 0 Å². The van der Waals surface area contributed by atoms with E-state index in [-0.39, 0.29) is 23.8 Å². The van der Waals surface area contributed by atoms with E-state index in [1.54, 1.807) is 20.8 Å². The molecule has 9 N–H and O–H groups in total. The number of carboxylic acids is 1. The van der Waals surface area contributed by atoms with Crippen molar-refractivity contribution in [3.05, 3.63) is 29.6 Å². The number of carbonyl (C=O) groups is 10. The van der Waals surface area contributed by atoms with Crippen LogP contribution in [0.5, 0.6) is 0 Å². The Labute approximate surface area is 341 Å². The van der Waals surface area contributed by atoms with Crippen molar-refractivity contribution in [2.24, 2.45) is 28.7 Å². The molecule has 1 aliphatic heterocycles. The third-order valence-corrected chi connectivity index (χ3v) is 11.4. The van der Waals surface area contributed by atoms with Crippen LogP contribution < -0.4 is 32.7 Å². The molecule has 0 bridgehead atoms. The lowest BCUT2D eigenvalue weighted by atomic mass is 9.81. The van der Waals surface area contributed by atoms with Crippen LogP contribution in [0.4, 0.5) is 0 Å². The molecule has 1 saturated heterocycles. The van der Waals surface area contributed by atoms with Crippen LogP contribution in [-0.2, 0) is 38.4 Å². The number of aromatic nitrogens is 1. The lowest BCUT2D eigenvalue weighted by Gasteiger charge is -2.37. The lowest BCUT2D eigenvalue weighted by Crippen LogP contribution is -2.62. The van der Waals surface area contributed by atoms with Gasteiger partial charge in [-0.15, -0.1) is 0 Å². The SMILES string of the molecule is CC(C)(C)C(NC(=O)C(CCC(=O)C(N)=O)NC(=O)c1ccncc1C(=O)O)C(=O)N1CC(=O)C[C@H]1C(=O)NC(C(=O)NC(C(N)=O)C1CCCCC1)C1CCCCC1. The first-order valence-corrected chi connectivity index (χ1v) is 20.1. The molecule has 5 atom stereocenters. The van der Waals surface area contributed by atoms with Gasteiger partial charge in [-0.3, -0.25) is 48.1 Å². The molecule has 2 saturated carbocycles. The predicted octanol–water partition coefficient (Wildman–Crippen LogP) is 0.0292. The monoisotopic (exact) mass is 824 g/mol. The van der Waals surface area contributed by atoms with E-state index >= 15 is 0 Å². The summed E-state index contributed by atoms with van der Waals surface area (Å²) in [4.78, 5) is 135. The number of nitrogens with two attached hydrogens (primary N) is 2. The van der Waals surface area contributed by atoms with Gasteiger partial charge in [0.1, 0.15) is 30.2 Å². The van der Waals surface area contributed by atoms with Gasteiger partial charge in [-0.2, -0.15) is 0 Å². The average Bonchev–Trinajstić information content (AvgIpc) is 3.60. The molecule has 2 heterocycles. The van der Waals surface area contributed by atoms with Gasteiger partial charge in [0.25, 0.3) is 11.8 Å². The molecule has 59 heavy (non-hydrogen) atoms. The summed E-state index contributed by atoms with van der Waals surface area (Å²) in [6, 6.07) is -5.33. The Hall–Kier alpha value is -5.75. The number of primary amides is 2. The third kappa shape index (κ3) is 12.1. The fraction of sp³-hybridized carbons (Fsp3) is 0.625. The van der Waals surface area contributed by atoms with E-state index in [2.05, 4.69) is 26.3 Å². The Morgan fingerprint density at radius 1 is 0.814 bits per heavy atom. The van der Waals surface area contributed by atoms with Crippen molar-refractivity contribution in [1.29, 1.82) is 0 Å². The van der Waals surface area contributed by atoms with Gasteiger partial charge in [0.15, 0.2) is 5.78 Å². The van der Waals surface area contributed by atoms with E-state index in [4.69, 9.17) is 11.5 Å². The highest BCUT2D eigenvalue weighted by Gasteiger charge is 2.46. The maximum atomic E-state index is 14.4. The lowest BCUT2D eigenvalue weighted by molar-refractivity contribution is -0.145. The molecule has 0 aromatic carbocycles. The molecular formula is C40H56N8O11. The van der Waals surface area contributed by atoms with Crippen molar-refractivity contribution in [1.82, 2.24) is 31.2 Å². The minimum Gasteiger partial charge on any atom is -0.478 e. The minimum atomic E-state index is -1.61. The second-order valence-electron chi connectivity index (χ2n) is 16.8. The number of hydrogen-bond donors (Lipinski definition) is 7. The molecule has 1 aromatic rings. The Morgan fingerprint density at radius 3 is 1.95 bits per heavy atom. The summed E-state index contributed by atoms with van der Waals surface area (Å²) in [7, 11) is 0. The molecule has 4 unspecified atom stereocenters. The number of Topliss-reactive ketones (excluding diaryl/α,β-unsaturated/α-hetero) is 2. The number of carbonyl (C=O) groups excluding carboxylic acids is 9. The van der Waals surface area contributed by atoms with Crippen molar-refractivity contribution in [2.75, 3.05) is 6.54 Å². The van der Waals surface area contributed by atoms with Crippen LogP contribution in [0.2, 0.25) is 0 Å². The number of aromatic carboxylic acids is 1. The largest absolute Gasteiger partial charge is 0.478 e. The second kappa shape index (κ2) is 20.3. The normalized spacial score (nSPS) is 19.7. The first-order valence-electron chi connectivity index (χ1n) is 20.1. The van der Waals surface area contributed by atoms with Gasteiger partial charge in [0.05, 0.1) is 17.7 Å². The number of likely N-dealkylation sites (tertiary alicyclic amines) is 1. The molecular weight excluding hydrogens is 768 g/mol. The fourth-order valence-electron chi connectivity index (χ4n) is 8.13. The zero-order valence-corrected chi connectivity index (χ0v) is 33.8. The molecule has 19 heteroatoms. The number of rotatable bonds is 17. The summed E-state index contributed by atoms with van der Waals surface area (Å²) < 4.78 is 0. The van der Waals surface area contributed by atoms with Crippen molar-refractivity contribution in [3.63, 3.8) is 0 Å². The average molecular weight is 825 g/mol. The highest BCUT2D eigenvalue weighted by molar-refractivity contribution is 6.35. The standard InChI is InChI=1S/C40H56N8O11/c1-40(2,3)31(47-35(54)26(14-15-28(50)32(41)51)44-34(53)24-16-17-43-19-25(24)39(58)59)38(57)48-20-23(49)18-27(48)36(55)46-30(22-12-8-5-9-13-22)37(56)45-29(33(42)52)21-10-6-4-7-11-21/h16-17,19,21-22,26-27,29-31H,4-15,18,20H2,1-3H3,(H2,41,51)(H2,42,52)(H,44,53)(H,45,56)(H,46,55)(H,47,54)(H,58,59)/t26?,27-,29?,30?,31?/m0/s1. The summed E-state index contributed by atoms with van der Waals surface area (Å²) in [5, 5.41) is 20.1. The van der Waals surface area contributed by atoms with E-state index in [0.717, 1.165) is 74.7 Å². The Bertz CT molecular complexity index is 1820. The number of nitrogens with one attached hydrogen (secondary N) is 4. The van der Waals surface area contributed by atoms with Crippen LogP contribution in [0.1, 0.15) is 125 Å². The van der Waals surface area contributed by atoms with Gasteiger partial charge in [-0.05, 0) is 55.4 Å². The van der Waals surface area contributed by atoms with E-state index in [0.29, 0.717) is 12.8 Å². The van der Waals surface area contributed by atoms with Crippen LogP contribution in [0, 0.1) is 17.3 Å². The minimum absolute atomic E-state index is 0.146. The Balaban J connectivity index is 1.58. The van der Waals surface area contributed by atoms with E-state index < -0.39 is 119 Å². The molecule has 19 nitrogen and oxygen atoms in total. The molecule has 0 radical (unpaired) electrons. The predicted molar refractivity (Wildman–Crippen MR) is 209 cm³/mol. The van der Waals surface area contributed by atoms with Crippen molar-refractivity contribution in [3.8, 4) is 0 Å². The number of amides is 7. The molecule has 322 valence electrons. The summed E-state index contributed by atoms with van der Waals surface area (Å²) in [6.45, 7) is 4.33. The third-order valence-electron chi connectivity index (χ3n) is 11.4. The molecule has 4 rings (SSSR count). The van der Waals surface area contributed by atoms with Gasteiger partial charge in [0, 0.05) is 25.2 Å². The number of hydrogen-bond acceptors (Lipinski definition) is 11. The number of pyridine rings is 1. The van der Waals surface area contributed by atoms with Crippen LogP contribution in [-0.4, -0.2) is 111 Å². The highest BCUT2D eigenvalue weighted by Crippen LogP contribution is 2.30. The maximum Gasteiger partial charge on any atom is 0.338 e. The second-order valence-corrected chi connectivity index (χ2v) is 16.8. The van der Waals surface area contributed by atoms with Crippen LogP contribution >= 0.6 is 0 Å². The van der Waals surface area contributed by atoms with Gasteiger partial charge >= 0.3 is 5.97 Å². The summed E-state index contributed by atoms with van der Waals surface area (Å²) in [6.07, 6.45) is 8.70. The van der Waals surface area contributed by atoms with E-state index in [1.807, 2.05) is 0 Å². The maximum absolute atomic E-state index is 14.4. The number of ketones is 2. The van der Waals surface area contributed by atoms with Gasteiger partial charge in [-0.1, -0.05) is 59.3 Å². The van der Waals surface area contributed by atoms with Gasteiger partial charge < -0.3 is 42.7 Å². The van der Waals surface area contributed by atoms with Crippen LogP contribution in [0.15, 0.2) is 18.5 Å². The quantitative estimate of drug-likeness (QED) is 0.102. The molecule has 2 aliphatic carbocycles. The van der Waals surface area contributed by atoms with Crippen molar-refractivity contribution >= 4 is 58.9 Å². The summed E-state index contributed by atoms with van der Waals surface area (Å²) in [5.41, 5.74) is 8.91. The van der Waals surface area contributed by atoms with Crippen LogP contribution in [0.3, 0.4) is 0 Å².